The highest BCUT2D eigenvalue weighted by molar-refractivity contribution is 9.10. The minimum atomic E-state index is -0.486. The molecule has 0 aromatic carbocycles. The quantitative estimate of drug-likeness (QED) is 0.447. The summed E-state index contributed by atoms with van der Waals surface area (Å²) in [7, 11) is 0. The van der Waals surface area contributed by atoms with Crippen LogP contribution in [-0.2, 0) is 0 Å². The Balaban J connectivity index is 1.54. The monoisotopic (exact) mass is 452 g/mol. The third kappa shape index (κ3) is 3.00. The zero-order valence-electron chi connectivity index (χ0n) is 13.9. The molecule has 0 saturated heterocycles. The maximum absolute atomic E-state index is 12.7. The van der Waals surface area contributed by atoms with Crippen LogP contribution in [-0.4, -0.2) is 40.4 Å². The number of aromatic nitrogens is 7. The van der Waals surface area contributed by atoms with E-state index >= 15 is 0 Å². The van der Waals surface area contributed by atoms with Crippen molar-refractivity contribution in [3.8, 4) is 11.5 Å². The molecule has 0 aliphatic carbocycles. The number of nitrogens with one attached hydrogen (secondary N) is 1. The van der Waals surface area contributed by atoms with Crippen LogP contribution in [0.2, 0.25) is 0 Å². The minimum Gasteiger partial charge on any atom is -0.303 e. The standard InChI is InChI=1S/C17H9BrN8OS/c18-9-7-20-17-24-14(25-26(17)8-9)15(27)22-12-10-4-6-28-16(10)23-13(21-12)11-3-1-2-5-19-11/h1-8H,(H,21,22,23,27). The Bertz CT molecular complexity index is 1330. The second-order valence-corrected chi connectivity index (χ2v) is 7.47. The molecule has 0 spiro atoms. The van der Waals surface area contributed by atoms with E-state index < -0.39 is 5.91 Å². The number of pyridine rings is 1. The van der Waals surface area contributed by atoms with Crippen LogP contribution in [0, 0.1) is 0 Å². The molecule has 0 saturated carbocycles. The molecule has 0 bridgehead atoms. The number of nitrogens with zero attached hydrogens (tertiary/aromatic N) is 7. The first kappa shape index (κ1) is 16.8. The first-order chi connectivity index (χ1) is 13.7. The number of fused-ring (bicyclic) bond motifs is 2. The Morgan fingerprint density at radius 3 is 2.93 bits per heavy atom. The summed E-state index contributed by atoms with van der Waals surface area (Å²) in [6.45, 7) is 0. The van der Waals surface area contributed by atoms with Crippen molar-refractivity contribution in [2.24, 2.45) is 0 Å². The van der Waals surface area contributed by atoms with Crippen LogP contribution < -0.4 is 5.32 Å². The normalized spacial score (nSPS) is 11.2. The SMILES string of the molecule is O=C(Nc1nc(-c2ccccn2)nc2sccc12)c1nc2ncc(Br)cn2n1. The Hall–Kier alpha value is -3.31. The largest absolute Gasteiger partial charge is 0.303 e. The van der Waals surface area contributed by atoms with Crippen LogP contribution in [0.25, 0.3) is 27.5 Å². The molecule has 1 amide bonds. The number of thiophene rings is 1. The molecule has 9 nitrogen and oxygen atoms in total. The Labute approximate surface area is 169 Å². The average molecular weight is 453 g/mol. The molecule has 0 aliphatic rings. The number of rotatable bonds is 3. The van der Waals surface area contributed by atoms with Gasteiger partial charge in [-0.25, -0.2) is 19.5 Å². The lowest BCUT2D eigenvalue weighted by molar-refractivity contribution is 0.101. The van der Waals surface area contributed by atoms with Crippen LogP contribution in [0.1, 0.15) is 10.6 Å². The molecule has 5 aromatic rings. The summed E-state index contributed by atoms with van der Waals surface area (Å²) >= 11 is 4.77. The fourth-order valence-electron chi connectivity index (χ4n) is 2.58. The molecule has 28 heavy (non-hydrogen) atoms. The molecular formula is C17H9BrN8OS. The summed E-state index contributed by atoms with van der Waals surface area (Å²) in [5.74, 6) is 0.641. The van der Waals surface area contributed by atoms with E-state index in [0.29, 0.717) is 23.1 Å². The molecule has 5 heterocycles. The average Bonchev–Trinajstić information content (AvgIpc) is 3.35. The van der Waals surface area contributed by atoms with E-state index in [2.05, 4.69) is 51.3 Å². The van der Waals surface area contributed by atoms with E-state index in [0.717, 1.165) is 14.7 Å². The van der Waals surface area contributed by atoms with Crippen molar-refractivity contribution in [1.82, 2.24) is 34.5 Å². The number of hydrogen-bond acceptors (Lipinski definition) is 8. The fraction of sp³-hybridized carbons (Fsp3) is 0. The molecule has 0 unspecified atom stereocenters. The van der Waals surface area contributed by atoms with Crippen molar-refractivity contribution in [2.45, 2.75) is 0 Å². The third-order valence-electron chi connectivity index (χ3n) is 3.82. The summed E-state index contributed by atoms with van der Waals surface area (Å²) in [6, 6.07) is 7.34. The third-order valence-corrected chi connectivity index (χ3v) is 5.03. The van der Waals surface area contributed by atoms with E-state index in [4.69, 9.17) is 0 Å². The van der Waals surface area contributed by atoms with Crippen molar-refractivity contribution in [2.75, 3.05) is 5.32 Å². The smallest absolute Gasteiger partial charge is 0.296 e. The van der Waals surface area contributed by atoms with Crippen LogP contribution >= 0.6 is 27.3 Å². The minimum absolute atomic E-state index is 0.00743. The van der Waals surface area contributed by atoms with Gasteiger partial charge < -0.3 is 5.32 Å². The van der Waals surface area contributed by atoms with Gasteiger partial charge >= 0.3 is 0 Å². The number of hydrogen-bond donors (Lipinski definition) is 1. The van der Waals surface area contributed by atoms with E-state index in [1.165, 1.54) is 15.9 Å². The number of halogens is 1. The topological polar surface area (TPSA) is 111 Å². The maximum Gasteiger partial charge on any atom is 0.296 e. The highest BCUT2D eigenvalue weighted by atomic mass is 79.9. The Morgan fingerprint density at radius 2 is 2.07 bits per heavy atom. The summed E-state index contributed by atoms with van der Waals surface area (Å²) < 4.78 is 2.16. The molecule has 5 rings (SSSR count). The van der Waals surface area contributed by atoms with Crippen molar-refractivity contribution in [3.63, 3.8) is 0 Å². The Morgan fingerprint density at radius 1 is 1.14 bits per heavy atom. The predicted molar refractivity (Wildman–Crippen MR) is 107 cm³/mol. The second-order valence-electron chi connectivity index (χ2n) is 5.66. The van der Waals surface area contributed by atoms with Gasteiger partial charge in [0.2, 0.25) is 5.82 Å². The number of carbonyl (C=O) groups is 1. The van der Waals surface area contributed by atoms with Crippen LogP contribution in [0.15, 0.2) is 52.7 Å². The van der Waals surface area contributed by atoms with Gasteiger partial charge in [-0.3, -0.25) is 9.78 Å². The van der Waals surface area contributed by atoms with Crippen LogP contribution in [0.4, 0.5) is 5.82 Å². The Kier molecular flexibility index (Phi) is 4.02. The van der Waals surface area contributed by atoms with Gasteiger partial charge in [0.15, 0.2) is 5.82 Å². The number of amides is 1. The first-order valence-corrected chi connectivity index (χ1v) is 9.70. The molecule has 1 N–H and O–H groups in total. The van der Waals surface area contributed by atoms with Crippen molar-refractivity contribution < 1.29 is 4.79 Å². The molecule has 0 fully saturated rings. The van der Waals surface area contributed by atoms with Gasteiger partial charge in [-0.1, -0.05) is 6.07 Å². The van der Waals surface area contributed by atoms with Crippen molar-refractivity contribution >= 4 is 55.0 Å². The van der Waals surface area contributed by atoms with Crippen molar-refractivity contribution in [1.29, 1.82) is 0 Å². The molecule has 136 valence electrons. The number of carbonyl (C=O) groups excluding carboxylic acids is 1. The lowest BCUT2D eigenvalue weighted by Crippen LogP contribution is -2.15. The fourth-order valence-corrected chi connectivity index (χ4v) is 3.64. The van der Waals surface area contributed by atoms with Gasteiger partial charge in [-0.05, 0) is 39.5 Å². The maximum atomic E-state index is 12.7. The second kappa shape index (κ2) is 6.69. The highest BCUT2D eigenvalue weighted by Gasteiger charge is 2.18. The lowest BCUT2D eigenvalue weighted by Gasteiger charge is -2.06. The van der Waals surface area contributed by atoms with Crippen LogP contribution in [0.3, 0.4) is 0 Å². The summed E-state index contributed by atoms with van der Waals surface area (Å²) in [5.41, 5.74) is 0.619. The van der Waals surface area contributed by atoms with Crippen molar-refractivity contribution in [3.05, 3.63) is 58.5 Å². The van der Waals surface area contributed by atoms with Gasteiger partial charge in [0.05, 0.1) is 9.86 Å². The van der Waals surface area contributed by atoms with E-state index in [9.17, 15) is 4.79 Å². The van der Waals surface area contributed by atoms with Gasteiger partial charge in [0.1, 0.15) is 16.3 Å². The first-order valence-electron chi connectivity index (χ1n) is 8.03. The molecule has 0 aliphatic heterocycles. The van der Waals surface area contributed by atoms with Gasteiger partial charge in [0.25, 0.3) is 11.7 Å². The molecule has 0 radical (unpaired) electrons. The van der Waals surface area contributed by atoms with E-state index in [1.54, 1.807) is 18.6 Å². The van der Waals surface area contributed by atoms with Gasteiger partial charge in [-0.2, -0.15) is 4.98 Å². The predicted octanol–water partition coefficient (Wildman–Crippen LogP) is 3.21. The zero-order chi connectivity index (χ0) is 19.1. The van der Waals surface area contributed by atoms with Gasteiger partial charge in [0, 0.05) is 18.6 Å². The number of anilines is 1. The lowest BCUT2D eigenvalue weighted by atomic mass is 10.3. The highest BCUT2D eigenvalue weighted by Crippen LogP contribution is 2.28. The summed E-state index contributed by atoms with van der Waals surface area (Å²) in [4.78, 5) is 35.0. The van der Waals surface area contributed by atoms with E-state index in [-0.39, 0.29) is 5.82 Å². The molecule has 5 aromatic heterocycles. The van der Waals surface area contributed by atoms with Crippen LogP contribution in [0.5, 0.6) is 0 Å². The molecule has 11 heteroatoms. The molecule has 0 atom stereocenters. The van der Waals surface area contributed by atoms with E-state index in [1.807, 2.05) is 29.6 Å². The summed E-state index contributed by atoms with van der Waals surface area (Å²) in [6.07, 6.45) is 4.93. The summed E-state index contributed by atoms with van der Waals surface area (Å²) in [5, 5.41) is 9.58. The molecular weight excluding hydrogens is 444 g/mol. The van der Waals surface area contributed by atoms with Gasteiger partial charge in [-0.15, -0.1) is 16.4 Å². The zero-order valence-corrected chi connectivity index (χ0v) is 16.3.